The van der Waals surface area contributed by atoms with Gasteiger partial charge in [0.15, 0.2) is 0 Å². The number of nitriles is 4. The fourth-order valence-electron chi connectivity index (χ4n) is 0. The second-order valence-electron chi connectivity index (χ2n) is 0.365. The van der Waals surface area contributed by atoms with Crippen molar-refractivity contribution in [3.8, 4) is 21.6 Å². The molecule has 0 spiro atoms. The molecule has 0 aliphatic heterocycles. The molecule has 0 saturated heterocycles. The van der Waals surface area contributed by atoms with Crippen LogP contribution in [0.2, 0.25) is 0 Å². The first kappa shape index (κ1) is 36.6. The van der Waals surface area contributed by atoms with Crippen LogP contribution < -0.4 is 29.6 Å². The van der Waals surface area contributed by atoms with Gasteiger partial charge in [0.2, 0.25) is 0 Å². The van der Waals surface area contributed by atoms with E-state index in [1.165, 1.54) is 21.6 Å². The van der Waals surface area contributed by atoms with Crippen molar-refractivity contribution in [2.45, 2.75) is 0 Å². The summed E-state index contributed by atoms with van der Waals surface area (Å²) in [4.78, 5) is 0. The maximum Gasteiger partial charge on any atom is 4.00 e. The van der Waals surface area contributed by atoms with Crippen molar-refractivity contribution >= 4 is 50.5 Å². The molecule has 0 saturated carbocycles. The van der Waals surface area contributed by atoms with Gasteiger partial charge in [-0.25, -0.2) is 21.0 Å². The van der Waals surface area contributed by atoms with E-state index in [2.05, 4.69) is 50.5 Å². The Kier molecular flexibility index (Phi) is 270. The molecule has 0 aromatic rings. The van der Waals surface area contributed by atoms with Gasteiger partial charge in [0.25, 0.3) is 0 Å². The van der Waals surface area contributed by atoms with Gasteiger partial charge in [0, 0.05) is 0 Å². The van der Waals surface area contributed by atoms with Crippen molar-refractivity contribution in [1.82, 2.24) is 0 Å². The number of rotatable bonds is 0. The van der Waals surface area contributed by atoms with Crippen molar-refractivity contribution in [2.24, 2.45) is 0 Å². The van der Waals surface area contributed by atoms with Gasteiger partial charge in [-0.05, 0) is 0 Å². The third kappa shape index (κ3) is 5970. The summed E-state index contributed by atoms with van der Waals surface area (Å²) in [6, 6.07) is 0. The van der Waals surface area contributed by atoms with Gasteiger partial charge >= 0.3 is 50.6 Å². The van der Waals surface area contributed by atoms with Crippen LogP contribution in [0.15, 0.2) is 0 Å². The second kappa shape index (κ2) is 104. The number of hydrogen-bond acceptors (Lipinski definition) is 8. The zero-order valence-corrected chi connectivity index (χ0v) is 14.3. The van der Waals surface area contributed by atoms with Crippen LogP contribution in [0, 0.1) is 42.7 Å². The fraction of sp³-hybridized carbons (Fsp3) is 0. The Morgan fingerprint density at radius 2 is 0.643 bits per heavy atom. The molecular formula is C4HN4NaPtS4. The molecule has 0 aromatic carbocycles. The van der Waals surface area contributed by atoms with Gasteiger partial charge in [-0.2, -0.15) is 0 Å². The average molecular weight is 451 g/mol. The van der Waals surface area contributed by atoms with Gasteiger partial charge in [0.05, 0.1) is 0 Å². The summed E-state index contributed by atoms with van der Waals surface area (Å²) < 4.78 is 0. The standard InChI is InChI=1S/4CHNS.Na.Pt.H/c4*2-1-3;;;/h4*3H;;;/q;;;;+1;+4;-1/p-4. The summed E-state index contributed by atoms with van der Waals surface area (Å²) in [7, 11) is 0. The maximum absolute atomic E-state index is 7.13. The predicted molar refractivity (Wildman–Crippen MR) is 53.0 cm³/mol. The van der Waals surface area contributed by atoms with Gasteiger partial charge in [-0.1, -0.05) is 21.6 Å². The van der Waals surface area contributed by atoms with Crippen molar-refractivity contribution in [1.29, 1.82) is 21.0 Å². The van der Waals surface area contributed by atoms with Gasteiger partial charge in [0.1, 0.15) is 0 Å². The van der Waals surface area contributed by atoms with Crippen LogP contribution in [0.1, 0.15) is 1.43 Å². The second-order valence-corrected chi connectivity index (χ2v) is 1.10. The fourth-order valence-corrected chi connectivity index (χ4v) is 0. The molecule has 4 nitrogen and oxygen atoms in total. The third-order valence-corrected chi connectivity index (χ3v) is 0. The Hall–Kier alpha value is 0.528. The van der Waals surface area contributed by atoms with Crippen molar-refractivity contribution in [3.05, 3.63) is 0 Å². The Labute approximate surface area is 143 Å². The van der Waals surface area contributed by atoms with E-state index in [1.54, 1.807) is 0 Å². The molecule has 14 heavy (non-hydrogen) atoms. The maximum atomic E-state index is 7.13. The van der Waals surface area contributed by atoms with E-state index >= 15 is 0 Å². The molecule has 0 aliphatic rings. The first-order valence-electron chi connectivity index (χ1n) is 1.71. The van der Waals surface area contributed by atoms with Crippen molar-refractivity contribution in [2.75, 3.05) is 0 Å². The molecule has 10 heteroatoms. The van der Waals surface area contributed by atoms with Crippen LogP contribution in [0.25, 0.3) is 0 Å². The van der Waals surface area contributed by atoms with E-state index in [-0.39, 0.29) is 52.0 Å². The molecule has 0 amide bonds. The molecule has 0 heterocycles. The number of thiocyanates is 4. The van der Waals surface area contributed by atoms with Crippen LogP contribution in [0.4, 0.5) is 0 Å². The number of hydrogen-bond donors (Lipinski definition) is 0. The Morgan fingerprint density at radius 1 is 0.643 bits per heavy atom. The van der Waals surface area contributed by atoms with Gasteiger partial charge < -0.3 is 51.9 Å². The average Bonchev–Trinajstić information content (AvgIpc) is 1.92. The molecule has 0 aliphatic carbocycles. The summed E-state index contributed by atoms with van der Waals surface area (Å²) in [6.45, 7) is 0. The summed E-state index contributed by atoms with van der Waals surface area (Å²) in [5.74, 6) is 0. The summed E-state index contributed by atoms with van der Waals surface area (Å²) in [5.41, 5.74) is 0. The van der Waals surface area contributed by atoms with E-state index in [0.717, 1.165) is 0 Å². The monoisotopic (exact) mass is 451 g/mol. The van der Waals surface area contributed by atoms with Crippen LogP contribution in [0.5, 0.6) is 0 Å². The Balaban J connectivity index is -0.0000000107. The zero-order chi connectivity index (χ0) is 10.8. The third-order valence-electron chi connectivity index (χ3n) is 0. The van der Waals surface area contributed by atoms with E-state index in [9.17, 15) is 0 Å². The van der Waals surface area contributed by atoms with Crippen LogP contribution in [-0.2, 0) is 71.6 Å². The summed E-state index contributed by atoms with van der Waals surface area (Å²) in [5, 5.41) is 33.9. The van der Waals surface area contributed by atoms with Crippen LogP contribution >= 0.6 is 0 Å². The van der Waals surface area contributed by atoms with Crippen molar-refractivity contribution in [3.63, 3.8) is 0 Å². The van der Waals surface area contributed by atoms with Crippen LogP contribution in [-0.4, -0.2) is 0 Å². The Morgan fingerprint density at radius 3 is 0.643 bits per heavy atom. The van der Waals surface area contributed by atoms with E-state index < -0.39 is 0 Å². The van der Waals surface area contributed by atoms with E-state index in [4.69, 9.17) is 21.0 Å². The molecular weight excluding hydrogens is 450 g/mol. The zero-order valence-electron chi connectivity index (χ0n) is 7.74. The molecule has 0 aromatic heterocycles. The molecule has 0 fully saturated rings. The van der Waals surface area contributed by atoms with Gasteiger partial charge in [-0.15, -0.1) is 0 Å². The largest absolute Gasteiger partial charge is 4.00 e. The SMILES string of the molecule is N#C[S-].N#C[S-].N#C[S-].N#C[S-].[H-].[Na+].[Pt+4]. The minimum absolute atomic E-state index is 0. The van der Waals surface area contributed by atoms with Crippen LogP contribution in [0.3, 0.4) is 0 Å². The first-order valence-corrected chi connectivity index (χ1v) is 3.34. The summed E-state index contributed by atoms with van der Waals surface area (Å²) in [6.07, 6.45) is 0. The summed E-state index contributed by atoms with van der Waals surface area (Å²) >= 11 is 14.8. The van der Waals surface area contributed by atoms with Crippen molar-refractivity contribution < 1.29 is 52.0 Å². The minimum Gasteiger partial charge on any atom is -1.00 e. The Bertz CT molecular complexity index is 169. The van der Waals surface area contributed by atoms with Gasteiger partial charge in [-0.3, -0.25) is 0 Å². The molecule has 0 rings (SSSR count). The number of nitrogens with zero attached hydrogens (tertiary/aromatic N) is 4. The quantitative estimate of drug-likeness (QED) is 0.221. The molecule has 72 valence electrons. The smallest absolute Gasteiger partial charge is 1.00 e. The molecule has 0 radical (unpaired) electrons. The van der Waals surface area contributed by atoms with E-state index in [0.29, 0.717) is 0 Å². The van der Waals surface area contributed by atoms with E-state index in [1.807, 2.05) is 0 Å². The molecule has 0 bridgehead atoms. The molecule has 0 N–H and O–H groups in total. The topological polar surface area (TPSA) is 95.2 Å². The molecule has 0 atom stereocenters. The molecule has 0 unspecified atom stereocenters. The normalized spacial score (nSPS) is 2.00. The predicted octanol–water partition coefficient (Wildman–Crippen LogP) is -2.83. The first-order chi connectivity index (χ1) is 5.66. The minimum atomic E-state index is 0.